The standard InChI is InChI=1S/C20H21BrO6/c1-24-17-11-14(12-18(25-2)19(17)26-3)20(23)27-10-4-5-16(22)13-6-8-15(21)9-7-13/h6-9,11-12H,4-5,10H2,1-3H3. The molecule has 0 amide bonds. The quantitative estimate of drug-likeness (QED) is 0.331. The summed E-state index contributed by atoms with van der Waals surface area (Å²) in [7, 11) is 4.43. The maximum Gasteiger partial charge on any atom is 0.338 e. The Morgan fingerprint density at radius 3 is 2.00 bits per heavy atom. The molecule has 144 valence electrons. The molecule has 0 atom stereocenters. The highest BCUT2D eigenvalue weighted by atomic mass is 79.9. The van der Waals surface area contributed by atoms with Crippen molar-refractivity contribution >= 4 is 27.7 Å². The van der Waals surface area contributed by atoms with Crippen molar-refractivity contribution in [3.05, 3.63) is 52.0 Å². The van der Waals surface area contributed by atoms with Gasteiger partial charge in [0.1, 0.15) is 0 Å². The molecule has 0 aliphatic rings. The summed E-state index contributed by atoms with van der Waals surface area (Å²) in [5.41, 5.74) is 0.915. The number of carbonyl (C=O) groups excluding carboxylic acids is 2. The van der Waals surface area contributed by atoms with E-state index < -0.39 is 5.97 Å². The van der Waals surface area contributed by atoms with Crippen molar-refractivity contribution in [3.63, 3.8) is 0 Å². The molecule has 0 aliphatic heterocycles. The van der Waals surface area contributed by atoms with Gasteiger partial charge >= 0.3 is 5.97 Å². The summed E-state index contributed by atoms with van der Waals surface area (Å²) in [5, 5.41) is 0. The minimum Gasteiger partial charge on any atom is -0.493 e. The molecule has 27 heavy (non-hydrogen) atoms. The zero-order valence-electron chi connectivity index (χ0n) is 15.4. The lowest BCUT2D eigenvalue weighted by molar-refractivity contribution is 0.0493. The number of benzene rings is 2. The van der Waals surface area contributed by atoms with Crippen molar-refractivity contribution in [3.8, 4) is 17.2 Å². The van der Waals surface area contributed by atoms with E-state index in [-0.39, 0.29) is 18.0 Å². The van der Waals surface area contributed by atoms with Gasteiger partial charge in [0.25, 0.3) is 0 Å². The van der Waals surface area contributed by atoms with Crippen LogP contribution in [0.25, 0.3) is 0 Å². The number of carbonyl (C=O) groups is 2. The van der Waals surface area contributed by atoms with Crippen molar-refractivity contribution in [2.24, 2.45) is 0 Å². The van der Waals surface area contributed by atoms with Gasteiger partial charge in [-0.05, 0) is 30.7 Å². The molecule has 0 aliphatic carbocycles. The molecule has 6 nitrogen and oxygen atoms in total. The monoisotopic (exact) mass is 436 g/mol. The summed E-state index contributed by atoms with van der Waals surface area (Å²) in [4.78, 5) is 24.4. The fraction of sp³-hybridized carbons (Fsp3) is 0.300. The molecule has 0 unspecified atom stereocenters. The maximum atomic E-state index is 12.3. The normalized spacial score (nSPS) is 10.2. The molecule has 2 rings (SSSR count). The lowest BCUT2D eigenvalue weighted by Crippen LogP contribution is -2.09. The van der Waals surface area contributed by atoms with E-state index >= 15 is 0 Å². The maximum absolute atomic E-state index is 12.3. The molecule has 0 fully saturated rings. The van der Waals surface area contributed by atoms with E-state index in [4.69, 9.17) is 18.9 Å². The van der Waals surface area contributed by atoms with Gasteiger partial charge in [-0.25, -0.2) is 4.79 Å². The van der Waals surface area contributed by atoms with Crippen LogP contribution in [-0.4, -0.2) is 39.7 Å². The fourth-order valence-electron chi connectivity index (χ4n) is 2.46. The Morgan fingerprint density at radius 1 is 0.889 bits per heavy atom. The van der Waals surface area contributed by atoms with Crippen LogP contribution in [0.4, 0.5) is 0 Å². The van der Waals surface area contributed by atoms with Gasteiger partial charge in [-0.15, -0.1) is 0 Å². The van der Waals surface area contributed by atoms with E-state index in [2.05, 4.69) is 15.9 Å². The summed E-state index contributed by atoms with van der Waals surface area (Å²) in [5.74, 6) is 0.622. The summed E-state index contributed by atoms with van der Waals surface area (Å²) in [6.07, 6.45) is 0.731. The molecular weight excluding hydrogens is 416 g/mol. The molecular formula is C20H21BrO6. The number of ether oxygens (including phenoxy) is 4. The average Bonchev–Trinajstić information content (AvgIpc) is 2.70. The molecule has 0 saturated carbocycles. The van der Waals surface area contributed by atoms with Gasteiger partial charge in [-0.3, -0.25) is 4.79 Å². The molecule has 0 heterocycles. The van der Waals surface area contributed by atoms with Crippen LogP contribution in [0.5, 0.6) is 17.2 Å². The second kappa shape index (κ2) is 9.97. The van der Waals surface area contributed by atoms with Crippen LogP contribution in [0.2, 0.25) is 0 Å². The van der Waals surface area contributed by atoms with Crippen LogP contribution in [0.3, 0.4) is 0 Å². The lowest BCUT2D eigenvalue weighted by atomic mass is 10.1. The number of hydrogen-bond acceptors (Lipinski definition) is 6. The van der Waals surface area contributed by atoms with E-state index in [1.165, 1.54) is 33.5 Å². The van der Waals surface area contributed by atoms with Gasteiger partial charge in [0, 0.05) is 16.5 Å². The summed E-state index contributed by atoms with van der Waals surface area (Å²) >= 11 is 3.33. The van der Waals surface area contributed by atoms with Crippen LogP contribution < -0.4 is 14.2 Å². The molecule has 0 radical (unpaired) electrons. The molecule has 0 saturated heterocycles. The number of hydrogen-bond donors (Lipinski definition) is 0. The van der Waals surface area contributed by atoms with Crippen molar-refractivity contribution in [2.75, 3.05) is 27.9 Å². The third-order valence-electron chi connectivity index (χ3n) is 3.85. The average molecular weight is 437 g/mol. The highest BCUT2D eigenvalue weighted by molar-refractivity contribution is 9.10. The summed E-state index contributed by atoms with van der Waals surface area (Å²) in [6.45, 7) is 0.137. The number of Topliss-reactive ketones (excluding diaryl/α,β-unsaturated/α-hetero) is 1. The highest BCUT2D eigenvalue weighted by Gasteiger charge is 2.18. The smallest absolute Gasteiger partial charge is 0.338 e. The predicted octanol–water partition coefficient (Wildman–Crippen LogP) is 4.29. The fourth-order valence-corrected chi connectivity index (χ4v) is 2.72. The number of halogens is 1. The van der Waals surface area contributed by atoms with Gasteiger partial charge in [0.15, 0.2) is 17.3 Å². The first-order valence-corrected chi connectivity index (χ1v) is 9.05. The number of methoxy groups -OCH3 is 3. The van der Waals surface area contributed by atoms with E-state index in [1.54, 1.807) is 12.1 Å². The number of rotatable bonds is 9. The molecule has 0 aromatic heterocycles. The summed E-state index contributed by atoms with van der Waals surface area (Å²) in [6, 6.07) is 10.2. The van der Waals surface area contributed by atoms with Crippen LogP contribution in [-0.2, 0) is 4.74 Å². The molecule has 0 N–H and O–H groups in total. The molecule has 7 heteroatoms. The third-order valence-corrected chi connectivity index (χ3v) is 4.38. The first-order valence-electron chi connectivity index (χ1n) is 8.26. The molecule has 2 aromatic carbocycles. The SMILES string of the molecule is COc1cc(C(=O)OCCCC(=O)c2ccc(Br)cc2)cc(OC)c1OC. The second-order valence-corrected chi connectivity index (χ2v) is 6.50. The molecule has 0 bridgehead atoms. The van der Waals surface area contributed by atoms with Gasteiger partial charge in [0.05, 0.1) is 33.5 Å². The first-order chi connectivity index (χ1) is 13.0. The van der Waals surface area contributed by atoms with Crippen LogP contribution in [0.1, 0.15) is 33.6 Å². The number of esters is 1. The Labute approximate surface area is 166 Å². The van der Waals surface area contributed by atoms with Gasteiger partial charge in [-0.1, -0.05) is 28.1 Å². The first kappa shape index (κ1) is 20.8. The molecule has 0 spiro atoms. The molecule has 2 aromatic rings. The predicted molar refractivity (Wildman–Crippen MR) is 104 cm³/mol. The Kier molecular flexibility index (Phi) is 7.67. The summed E-state index contributed by atoms with van der Waals surface area (Å²) < 4.78 is 21.8. The number of ketones is 1. The Balaban J connectivity index is 1.92. The lowest BCUT2D eigenvalue weighted by Gasteiger charge is -2.13. The minimum absolute atomic E-state index is 0.00587. The van der Waals surface area contributed by atoms with Crippen molar-refractivity contribution in [2.45, 2.75) is 12.8 Å². The van der Waals surface area contributed by atoms with E-state index in [0.717, 1.165) is 4.47 Å². The Morgan fingerprint density at radius 2 is 1.48 bits per heavy atom. The van der Waals surface area contributed by atoms with E-state index in [9.17, 15) is 9.59 Å². The Bertz CT molecular complexity index is 776. The Hall–Kier alpha value is -2.54. The zero-order valence-corrected chi connectivity index (χ0v) is 17.0. The minimum atomic E-state index is -0.523. The largest absolute Gasteiger partial charge is 0.493 e. The second-order valence-electron chi connectivity index (χ2n) is 5.58. The van der Waals surface area contributed by atoms with Gasteiger partial charge < -0.3 is 18.9 Å². The zero-order chi connectivity index (χ0) is 19.8. The van der Waals surface area contributed by atoms with Crippen molar-refractivity contribution in [1.29, 1.82) is 0 Å². The van der Waals surface area contributed by atoms with Crippen LogP contribution in [0, 0.1) is 0 Å². The topological polar surface area (TPSA) is 71.1 Å². The third kappa shape index (κ3) is 5.47. The highest BCUT2D eigenvalue weighted by Crippen LogP contribution is 2.38. The van der Waals surface area contributed by atoms with Gasteiger partial charge in [0.2, 0.25) is 5.75 Å². The van der Waals surface area contributed by atoms with Crippen LogP contribution >= 0.6 is 15.9 Å². The van der Waals surface area contributed by atoms with Gasteiger partial charge in [-0.2, -0.15) is 0 Å². The van der Waals surface area contributed by atoms with Crippen molar-refractivity contribution in [1.82, 2.24) is 0 Å². The van der Waals surface area contributed by atoms with Crippen molar-refractivity contribution < 1.29 is 28.5 Å². The van der Waals surface area contributed by atoms with E-state index in [0.29, 0.717) is 35.7 Å². The van der Waals surface area contributed by atoms with E-state index in [1.807, 2.05) is 12.1 Å². The van der Waals surface area contributed by atoms with Crippen LogP contribution in [0.15, 0.2) is 40.9 Å².